The van der Waals surface area contributed by atoms with Crippen LogP contribution in [-0.4, -0.2) is 23.8 Å². The highest BCUT2D eigenvalue weighted by atomic mass is 16.3. The van der Waals surface area contributed by atoms with Crippen LogP contribution in [0, 0.1) is 0 Å². The quantitative estimate of drug-likeness (QED) is 0.498. The maximum Gasteiger partial charge on any atom is 0.173 e. The highest BCUT2D eigenvalue weighted by molar-refractivity contribution is 5.78. The molecule has 1 atom stereocenters. The van der Waals surface area contributed by atoms with Gasteiger partial charge in [-0.25, -0.2) is 0 Å². The van der Waals surface area contributed by atoms with Gasteiger partial charge in [0.2, 0.25) is 0 Å². The number of nitrogens with zero attached hydrogens (tertiary/aromatic N) is 1. The molecule has 0 aliphatic carbocycles. The predicted octanol–water partition coefficient (Wildman–Crippen LogP) is -0.0954. The van der Waals surface area contributed by atoms with Gasteiger partial charge in [0.05, 0.1) is 0 Å². The van der Waals surface area contributed by atoms with Crippen LogP contribution >= 0.6 is 0 Å². The molecule has 3 nitrogen and oxygen atoms in total. The van der Waals surface area contributed by atoms with Gasteiger partial charge in [0.25, 0.3) is 0 Å². The molecule has 1 heterocycles. The summed E-state index contributed by atoms with van der Waals surface area (Å²) in [6.45, 7) is 0. The van der Waals surface area contributed by atoms with Crippen LogP contribution in [0.2, 0.25) is 0 Å². The Labute approximate surface area is 52.7 Å². The van der Waals surface area contributed by atoms with Crippen molar-refractivity contribution in [2.24, 2.45) is 4.99 Å². The Kier molecular flexibility index (Phi) is 1.75. The van der Waals surface area contributed by atoms with Crippen LogP contribution in [0.4, 0.5) is 0 Å². The molecular weight excluding hydrogens is 118 g/mol. The zero-order chi connectivity index (χ0) is 6.69. The van der Waals surface area contributed by atoms with Crippen LogP contribution in [0.25, 0.3) is 0 Å². The molecule has 0 saturated carbocycles. The first-order valence-corrected chi connectivity index (χ1v) is 2.69. The number of hydrogen-bond donors (Lipinski definition) is 1. The third-order valence-corrected chi connectivity index (χ3v) is 1.14. The Bertz CT molecular complexity index is 172. The Morgan fingerprint density at radius 1 is 1.89 bits per heavy atom. The van der Waals surface area contributed by atoms with E-state index in [0.717, 1.165) is 0 Å². The summed E-state index contributed by atoms with van der Waals surface area (Å²) in [4.78, 5) is 13.7. The van der Waals surface area contributed by atoms with E-state index in [2.05, 4.69) is 4.99 Å². The lowest BCUT2D eigenvalue weighted by molar-refractivity contribution is -0.105. The van der Waals surface area contributed by atoms with Crippen molar-refractivity contribution in [3.05, 3.63) is 11.6 Å². The van der Waals surface area contributed by atoms with Crippen molar-refractivity contribution >= 4 is 12.5 Å². The average molecular weight is 125 g/mol. The maximum absolute atomic E-state index is 10.1. The number of hydrogen-bond acceptors (Lipinski definition) is 3. The molecule has 0 aromatic heterocycles. The van der Waals surface area contributed by atoms with Gasteiger partial charge in [-0.15, -0.1) is 0 Å². The van der Waals surface area contributed by atoms with Crippen molar-refractivity contribution in [3.8, 4) is 0 Å². The van der Waals surface area contributed by atoms with Gasteiger partial charge >= 0.3 is 0 Å². The molecule has 1 rings (SSSR count). The fraction of sp³-hybridized carbons (Fsp3) is 0.333. The van der Waals surface area contributed by atoms with E-state index in [1.54, 1.807) is 12.3 Å². The average Bonchev–Trinajstić information content (AvgIpc) is 1.89. The van der Waals surface area contributed by atoms with E-state index < -0.39 is 6.23 Å². The molecule has 0 aromatic carbocycles. The number of carbonyl (C=O) groups excluding carboxylic acids is 1. The second kappa shape index (κ2) is 2.55. The molecule has 0 radical (unpaired) electrons. The van der Waals surface area contributed by atoms with Crippen molar-refractivity contribution in [2.75, 3.05) is 0 Å². The minimum Gasteiger partial charge on any atom is -0.368 e. The SMILES string of the molecule is O=CC1=CCC=NC1O. The number of carbonyl (C=O) groups is 1. The molecule has 0 amide bonds. The monoisotopic (exact) mass is 125 g/mol. The van der Waals surface area contributed by atoms with Crippen LogP contribution < -0.4 is 0 Å². The zero-order valence-corrected chi connectivity index (χ0v) is 4.82. The van der Waals surface area contributed by atoms with Gasteiger partial charge in [-0.3, -0.25) is 9.79 Å². The van der Waals surface area contributed by atoms with Crippen molar-refractivity contribution < 1.29 is 9.90 Å². The van der Waals surface area contributed by atoms with Crippen LogP contribution in [0.5, 0.6) is 0 Å². The number of rotatable bonds is 1. The van der Waals surface area contributed by atoms with E-state index in [1.165, 1.54) is 0 Å². The van der Waals surface area contributed by atoms with Crippen LogP contribution in [0.15, 0.2) is 16.6 Å². The lowest BCUT2D eigenvalue weighted by Gasteiger charge is -2.06. The van der Waals surface area contributed by atoms with Gasteiger partial charge in [-0.1, -0.05) is 6.08 Å². The zero-order valence-electron chi connectivity index (χ0n) is 4.82. The summed E-state index contributed by atoms with van der Waals surface area (Å²) in [6, 6.07) is 0. The molecule has 1 aliphatic heterocycles. The first-order valence-electron chi connectivity index (χ1n) is 2.69. The summed E-state index contributed by atoms with van der Waals surface area (Å²) in [5.74, 6) is 0. The summed E-state index contributed by atoms with van der Waals surface area (Å²) in [7, 11) is 0. The molecule has 0 spiro atoms. The topological polar surface area (TPSA) is 49.7 Å². The molecule has 48 valence electrons. The van der Waals surface area contributed by atoms with E-state index in [9.17, 15) is 4.79 Å². The lowest BCUT2D eigenvalue weighted by Crippen LogP contribution is -2.11. The third-order valence-electron chi connectivity index (χ3n) is 1.14. The van der Waals surface area contributed by atoms with Gasteiger partial charge in [0, 0.05) is 18.2 Å². The predicted molar refractivity (Wildman–Crippen MR) is 33.3 cm³/mol. The van der Waals surface area contributed by atoms with Gasteiger partial charge in [0.15, 0.2) is 6.23 Å². The summed E-state index contributed by atoms with van der Waals surface area (Å²) in [5.41, 5.74) is 0.359. The van der Waals surface area contributed by atoms with Gasteiger partial charge in [0.1, 0.15) is 6.29 Å². The molecule has 3 heteroatoms. The standard InChI is InChI=1S/C6H7NO2/c8-4-5-2-1-3-7-6(5)9/h2-4,6,9H,1H2. The highest BCUT2D eigenvalue weighted by Crippen LogP contribution is 2.05. The molecular formula is C6H7NO2. The largest absolute Gasteiger partial charge is 0.368 e. The molecule has 1 aliphatic rings. The number of aliphatic hydroxyl groups is 1. The smallest absolute Gasteiger partial charge is 0.173 e. The van der Waals surface area contributed by atoms with E-state index in [4.69, 9.17) is 5.11 Å². The first-order chi connectivity index (χ1) is 4.34. The van der Waals surface area contributed by atoms with Crippen LogP contribution in [0.3, 0.4) is 0 Å². The summed E-state index contributed by atoms with van der Waals surface area (Å²) in [5, 5.41) is 8.87. The van der Waals surface area contributed by atoms with Gasteiger partial charge < -0.3 is 5.11 Å². The number of dihydropyridines is 1. The Hall–Kier alpha value is -0.960. The lowest BCUT2D eigenvalue weighted by atomic mass is 10.2. The molecule has 1 N–H and O–H groups in total. The first kappa shape index (κ1) is 6.16. The Morgan fingerprint density at radius 3 is 3.11 bits per heavy atom. The summed E-state index contributed by atoms with van der Waals surface area (Å²) >= 11 is 0. The van der Waals surface area contributed by atoms with Crippen molar-refractivity contribution in [3.63, 3.8) is 0 Å². The summed E-state index contributed by atoms with van der Waals surface area (Å²) < 4.78 is 0. The third kappa shape index (κ3) is 1.23. The van der Waals surface area contributed by atoms with E-state index in [-0.39, 0.29) is 0 Å². The number of aliphatic hydroxyl groups excluding tert-OH is 1. The molecule has 9 heavy (non-hydrogen) atoms. The fourth-order valence-corrected chi connectivity index (χ4v) is 0.650. The minimum absolute atomic E-state index is 0.359. The van der Waals surface area contributed by atoms with Crippen LogP contribution in [-0.2, 0) is 4.79 Å². The van der Waals surface area contributed by atoms with Crippen LogP contribution in [0.1, 0.15) is 6.42 Å². The molecule has 0 fully saturated rings. The number of allylic oxidation sites excluding steroid dienone is 1. The maximum atomic E-state index is 10.1. The molecule has 0 saturated heterocycles. The Balaban J connectivity index is 2.70. The summed E-state index contributed by atoms with van der Waals surface area (Å²) in [6.07, 6.45) is 3.59. The normalized spacial score (nSPS) is 25.4. The van der Waals surface area contributed by atoms with Crippen molar-refractivity contribution in [2.45, 2.75) is 12.6 Å². The van der Waals surface area contributed by atoms with E-state index in [1.807, 2.05) is 0 Å². The molecule has 0 aromatic rings. The number of aldehydes is 1. The van der Waals surface area contributed by atoms with E-state index in [0.29, 0.717) is 18.3 Å². The van der Waals surface area contributed by atoms with E-state index >= 15 is 0 Å². The van der Waals surface area contributed by atoms with Crippen molar-refractivity contribution in [1.29, 1.82) is 0 Å². The molecule has 0 bridgehead atoms. The van der Waals surface area contributed by atoms with Crippen molar-refractivity contribution in [1.82, 2.24) is 0 Å². The Morgan fingerprint density at radius 2 is 2.67 bits per heavy atom. The van der Waals surface area contributed by atoms with Gasteiger partial charge in [-0.2, -0.15) is 0 Å². The second-order valence-electron chi connectivity index (χ2n) is 1.76. The molecule has 1 unspecified atom stereocenters. The number of aliphatic imine (C=N–C) groups is 1. The minimum atomic E-state index is -0.920. The second-order valence-corrected chi connectivity index (χ2v) is 1.76. The highest BCUT2D eigenvalue weighted by Gasteiger charge is 2.08. The fourth-order valence-electron chi connectivity index (χ4n) is 0.650. The van der Waals surface area contributed by atoms with Gasteiger partial charge in [-0.05, 0) is 0 Å².